The van der Waals surface area contributed by atoms with Gasteiger partial charge >= 0.3 is 5.97 Å². The molecule has 0 bridgehead atoms. The number of rotatable bonds is 6. The average Bonchev–Trinajstić information content (AvgIpc) is 2.14. The van der Waals surface area contributed by atoms with Crippen LogP contribution in [0.3, 0.4) is 0 Å². The minimum atomic E-state index is -0.294. The summed E-state index contributed by atoms with van der Waals surface area (Å²) in [7, 11) is 1.37. The van der Waals surface area contributed by atoms with Gasteiger partial charge in [0.05, 0.1) is 19.3 Å². The summed E-state index contributed by atoms with van der Waals surface area (Å²) in [6.45, 7) is 7.92. The van der Waals surface area contributed by atoms with Crippen molar-refractivity contribution in [2.45, 2.75) is 31.2 Å². The number of esters is 1. The van der Waals surface area contributed by atoms with E-state index in [1.165, 1.54) is 7.11 Å². The molecule has 0 amide bonds. The number of nitrogens with one attached hydrogen (secondary N) is 1. The Morgan fingerprint density at radius 1 is 1.47 bits per heavy atom. The minimum absolute atomic E-state index is 0.113. The molecule has 90 valence electrons. The highest BCUT2D eigenvalue weighted by atomic mass is 79.9. The predicted molar refractivity (Wildman–Crippen MR) is 63.3 cm³/mol. The quantitative estimate of drug-likeness (QED) is 0.453. The first-order chi connectivity index (χ1) is 6.87. The Balaban J connectivity index is 3.43. The molecule has 5 heteroatoms. The van der Waals surface area contributed by atoms with Gasteiger partial charge in [-0.2, -0.15) is 0 Å². The van der Waals surface area contributed by atoms with E-state index in [4.69, 9.17) is 4.74 Å². The normalized spacial score (nSPS) is 13.7. The molecule has 0 saturated heterocycles. The molecule has 0 aromatic rings. The molecule has 0 aromatic carbocycles. The monoisotopic (exact) mass is 281 g/mol. The van der Waals surface area contributed by atoms with Crippen LogP contribution in [0.4, 0.5) is 0 Å². The molecule has 0 saturated carbocycles. The van der Waals surface area contributed by atoms with Gasteiger partial charge in [-0.25, -0.2) is 0 Å². The number of hydrogen-bond donors (Lipinski definition) is 1. The highest BCUT2D eigenvalue weighted by Crippen LogP contribution is 2.05. The molecule has 0 fully saturated rings. The highest BCUT2D eigenvalue weighted by molar-refractivity contribution is 9.10. The molecule has 0 heterocycles. The van der Waals surface area contributed by atoms with Crippen molar-refractivity contribution >= 4 is 21.9 Å². The van der Waals surface area contributed by atoms with E-state index in [9.17, 15) is 4.79 Å². The largest absolute Gasteiger partial charge is 0.468 e. The average molecular weight is 282 g/mol. The van der Waals surface area contributed by atoms with Crippen molar-refractivity contribution in [1.29, 1.82) is 0 Å². The maximum absolute atomic E-state index is 11.0. The van der Waals surface area contributed by atoms with Gasteiger partial charge < -0.3 is 14.8 Å². The van der Waals surface area contributed by atoms with Gasteiger partial charge in [0.25, 0.3) is 0 Å². The molecule has 4 nitrogen and oxygen atoms in total. The second-order valence-corrected chi connectivity index (χ2v) is 5.26. The standard InChI is InChI=1S/C10H20BrNO3/c1-10(2,3)15-6-5-12-7-8(11)9(13)14-4/h8,12H,5-7H2,1-4H3. The summed E-state index contributed by atoms with van der Waals surface area (Å²) in [6, 6.07) is 0. The summed E-state index contributed by atoms with van der Waals surface area (Å²) in [5.74, 6) is -0.265. The summed E-state index contributed by atoms with van der Waals surface area (Å²) < 4.78 is 10.1. The topological polar surface area (TPSA) is 47.6 Å². The lowest BCUT2D eigenvalue weighted by Crippen LogP contribution is -2.33. The van der Waals surface area contributed by atoms with Crippen LogP contribution in [0.25, 0.3) is 0 Å². The highest BCUT2D eigenvalue weighted by Gasteiger charge is 2.14. The van der Waals surface area contributed by atoms with Crippen LogP contribution < -0.4 is 5.32 Å². The number of carbonyl (C=O) groups excluding carboxylic acids is 1. The van der Waals surface area contributed by atoms with Crippen molar-refractivity contribution < 1.29 is 14.3 Å². The van der Waals surface area contributed by atoms with Crippen LogP contribution in [0.15, 0.2) is 0 Å². The predicted octanol–water partition coefficient (Wildman–Crippen LogP) is 1.33. The summed E-state index contributed by atoms with van der Waals surface area (Å²) >= 11 is 3.22. The van der Waals surface area contributed by atoms with Crippen LogP contribution in [0.5, 0.6) is 0 Å². The van der Waals surface area contributed by atoms with Crippen LogP contribution >= 0.6 is 15.9 Å². The van der Waals surface area contributed by atoms with Gasteiger partial charge in [0, 0.05) is 13.1 Å². The maximum Gasteiger partial charge on any atom is 0.320 e. The lowest BCUT2D eigenvalue weighted by molar-refractivity contribution is -0.139. The second kappa shape index (κ2) is 7.19. The molecule has 1 atom stereocenters. The number of hydrogen-bond acceptors (Lipinski definition) is 4. The van der Waals surface area contributed by atoms with Gasteiger partial charge in [-0.05, 0) is 20.8 Å². The minimum Gasteiger partial charge on any atom is -0.468 e. The molecule has 0 radical (unpaired) electrons. The Morgan fingerprint density at radius 2 is 2.07 bits per heavy atom. The third-order valence-electron chi connectivity index (χ3n) is 1.59. The summed E-state index contributed by atoms with van der Waals surface area (Å²) in [5.41, 5.74) is -0.113. The van der Waals surface area contributed by atoms with Crippen molar-refractivity contribution in [3.8, 4) is 0 Å². The van der Waals surface area contributed by atoms with E-state index in [0.717, 1.165) is 6.54 Å². The SMILES string of the molecule is COC(=O)C(Br)CNCCOC(C)(C)C. The summed E-state index contributed by atoms with van der Waals surface area (Å²) in [4.78, 5) is 10.7. The zero-order chi connectivity index (χ0) is 11.9. The fourth-order valence-corrected chi connectivity index (χ4v) is 1.29. The van der Waals surface area contributed by atoms with Crippen LogP contribution in [-0.4, -0.2) is 43.2 Å². The first kappa shape index (κ1) is 14.9. The Hall–Kier alpha value is -0.130. The molecular formula is C10H20BrNO3. The van der Waals surface area contributed by atoms with Gasteiger partial charge in [0.2, 0.25) is 0 Å². The van der Waals surface area contributed by atoms with E-state index in [-0.39, 0.29) is 16.4 Å². The molecule has 0 aliphatic rings. The van der Waals surface area contributed by atoms with Gasteiger partial charge in [-0.15, -0.1) is 0 Å². The molecular weight excluding hydrogens is 262 g/mol. The van der Waals surface area contributed by atoms with Crippen LogP contribution in [0.1, 0.15) is 20.8 Å². The van der Waals surface area contributed by atoms with Crippen molar-refractivity contribution in [2.75, 3.05) is 26.8 Å². The van der Waals surface area contributed by atoms with Gasteiger partial charge in [-0.3, -0.25) is 4.79 Å². The Kier molecular flexibility index (Phi) is 7.13. The third kappa shape index (κ3) is 8.84. The number of carbonyl (C=O) groups is 1. The second-order valence-electron chi connectivity index (χ2n) is 4.16. The molecule has 0 aliphatic carbocycles. The lowest BCUT2D eigenvalue weighted by atomic mass is 10.2. The third-order valence-corrected chi connectivity index (χ3v) is 2.29. The Morgan fingerprint density at radius 3 is 2.53 bits per heavy atom. The first-order valence-corrected chi connectivity index (χ1v) is 5.85. The molecule has 1 N–H and O–H groups in total. The van der Waals surface area contributed by atoms with Crippen molar-refractivity contribution in [3.63, 3.8) is 0 Å². The van der Waals surface area contributed by atoms with Gasteiger partial charge in [-0.1, -0.05) is 15.9 Å². The van der Waals surface area contributed by atoms with E-state index in [1.54, 1.807) is 0 Å². The maximum atomic E-state index is 11.0. The van der Waals surface area contributed by atoms with Crippen LogP contribution in [-0.2, 0) is 14.3 Å². The van der Waals surface area contributed by atoms with E-state index in [2.05, 4.69) is 26.0 Å². The summed E-state index contributed by atoms with van der Waals surface area (Å²) in [6.07, 6.45) is 0. The number of ether oxygens (including phenoxy) is 2. The zero-order valence-corrected chi connectivity index (χ0v) is 11.4. The van der Waals surface area contributed by atoms with E-state index >= 15 is 0 Å². The van der Waals surface area contributed by atoms with Crippen molar-refractivity contribution in [1.82, 2.24) is 5.32 Å². The van der Waals surface area contributed by atoms with E-state index < -0.39 is 0 Å². The number of methoxy groups -OCH3 is 1. The molecule has 0 aliphatic heterocycles. The molecule has 0 rings (SSSR count). The number of halogens is 1. The van der Waals surface area contributed by atoms with Crippen molar-refractivity contribution in [2.24, 2.45) is 0 Å². The Bertz CT molecular complexity index is 192. The fraction of sp³-hybridized carbons (Fsp3) is 0.900. The Labute approximate surface area is 99.8 Å². The van der Waals surface area contributed by atoms with Crippen LogP contribution in [0, 0.1) is 0 Å². The van der Waals surface area contributed by atoms with Gasteiger partial charge in [0.15, 0.2) is 0 Å². The first-order valence-electron chi connectivity index (χ1n) is 4.93. The van der Waals surface area contributed by atoms with E-state index in [1.807, 2.05) is 20.8 Å². The van der Waals surface area contributed by atoms with E-state index in [0.29, 0.717) is 13.2 Å². The van der Waals surface area contributed by atoms with Crippen molar-refractivity contribution in [3.05, 3.63) is 0 Å². The fourth-order valence-electron chi connectivity index (χ4n) is 0.869. The van der Waals surface area contributed by atoms with Gasteiger partial charge in [0.1, 0.15) is 4.83 Å². The zero-order valence-electron chi connectivity index (χ0n) is 9.80. The summed E-state index contributed by atoms with van der Waals surface area (Å²) in [5, 5.41) is 3.10. The smallest absolute Gasteiger partial charge is 0.320 e. The lowest BCUT2D eigenvalue weighted by Gasteiger charge is -2.19. The molecule has 0 aromatic heterocycles. The van der Waals surface area contributed by atoms with Crippen LogP contribution in [0.2, 0.25) is 0 Å². The molecule has 0 spiro atoms. The number of alkyl halides is 1. The molecule has 1 unspecified atom stereocenters. The molecule has 15 heavy (non-hydrogen) atoms.